The zero-order valence-electron chi connectivity index (χ0n) is 17.0. The summed E-state index contributed by atoms with van der Waals surface area (Å²) in [5.74, 6) is -8.10. The van der Waals surface area contributed by atoms with Crippen molar-refractivity contribution in [2.45, 2.75) is 37.1 Å². The summed E-state index contributed by atoms with van der Waals surface area (Å²) < 4.78 is 86.7. The Morgan fingerprint density at radius 1 is 1.21 bits per heavy atom. The number of benzene rings is 2. The number of fused-ring (bicyclic) bond motifs is 1. The molecule has 0 radical (unpaired) electrons. The first-order valence-electron chi connectivity index (χ1n) is 9.60. The number of para-hydroxylation sites is 1. The van der Waals surface area contributed by atoms with Gasteiger partial charge in [0.2, 0.25) is 0 Å². The fraction of sp³-hybridized carbons (Fsp3) is 0.381. The summed E-state index contributed by atoms with van der Waals surface area (Å²) in [6, 6.07) is 9.08. The van der Waals surface area contributed by atoms with Crippen LogP contribution in [0.4, 0.5) is 26.3 Å². The van der Waals surface area contributed by atoms with Gasteiger partial charge in [-0.1, -0.05) is 23.7 Å². The van der Waals surface area contributed by atoms with Crippen molar-refractivity contribution in [1.29, 1.82) is 0 Å². The summed E-state index contributed by atoms with van der Waals surface area (Å²) in [6.07, 6.45) is -4.81. The minimum absolute atomic E-state index is 0.154. The highest BCUT2D eigenvalue weighted by Gasteiger charge is 2.48. The van der Waals surface area contributed by atoms with Crippen LogP contribution in [0, 0.1) is 5.82 Å². The second-order valence-electron chi connectivity index (χ2n) is 7.53. The van der Waals surface area contributed by atoms with Gasteiger partial charge in [0.25, 0.3) is 11.7 Å². The predicted molar refractivity (Wildman–Crippen MR) is 105 cm³/mol. The Kier molecular flexibility index (Phi) is 6.77. The van der Waals surface area contributed by atoms with E-state index in [-0.39, 0.29) is 29.3 Å². The number of piperidine rings is 1. The number of nitrogens with one attached hydrogen (secondary N) is 1. The quantitative estimate of drug-likeness (QED) is 0.539. The molecule has 12 heteroatoms. The minimum atomic E-state index is -5.08. The van der Waals surface area contributed by atoms with Crippen LogP contribution in [-0.2, 0) is 10.6 Å². The fourth-order valence-corrected chi connectivity index (χ4v) is 3.77. The van der Waals surface area contributed by atoms with Gasteiger partial charge in [0.05, 0.1) is 18.0 Å². The second-order valence-corrected chi connectivity index (χ2v) is 7.97. The summed E-state index contributed by atoms with van der Waals surface area (Å²) in [7, 11) is 0. The van der Waals surface area contributed by atoms with E-state index in [4.69, 9.17) is 31.0 Å². The Balaban J connectivity index is 0.000000383. The Morgan fingerprint density at radius 2 is 1.88 bits per heavy atom. The SMILES string of the molecule is CC1(c2ccc(Cl)cc2F)Oc2cccc(C3CCNCC3(F)F)c2O1.O=C(O)C(F)(F)F. The van der Waals surface area contributed by atoms with Crippen LogP contribution in [-0.4, -0.2) is 36.3 Å². The molecule has 2 heterocycles. The zero-order valence-corrected chi connectivity index (χ0v) is 17.7. The van der Waals surface area contributed by atoms with Gasteiger partial charge in [-0.05, 0) is 37.2 Å². The van der Waals surface area contributed by atoms with Crippen molar-refractivity contribution in [3.8, 4) is 11.5 Å². The van der Waals surface area contributed by atoms with Crippen LogP contribution in [0.25, 0.3) is 0 Å². The molecule has 2 atom stereocenters. The number of hydrogen-bond donors (Lipinski definition) is 2. The molecule has 5 nitrogen and oxygen atoms in total. The van der Waals surface area contributed by atoms with E-state index in [1.165, 1.54) is 18.2 Å². The van der Waals surface area contributed by atoms with Gasteiger partial charge < -0.3 is 19.9 Å². The molecule has 1 fully saturated rings. The first kappa shape index (κ1) is 25.0. The van der Waals surface area contributed by atoms with E-state index in [1.54, 1.807) is 25.1 Å². The van der Waals surface area contributed by atoms with Gasteiger partial charge in [0, 0.05) is 17.5 Å². The standard InChI is InChI=1S/C19H17ClF3NO2.C2HF3O2/c1-18(14-6-5-11(20)9-15(14)21)25-16-4-2-3-12(17(16)26-18)13-7-8-24-10-19(13,22)23;3-2(4,5)1(6)7/h2-6,9,13,24H,7-8,10H2,1H3;(H,6,7). The molecule has 180 valence electrons. The number of carbonyl (C=O) groups is 1. The Bertz CT molecular complexity index is 1050. The highest BCUT2D eigenvalue weighted by molar-refractivity contribution is 6.30. The van der Waals surface area contributed by atoms with Gasteiger partial charge in [-0.2, -0.15) is 13.2 Å². The first-order chi connectivity index (χ1) is 15.2. The molecule has 4 rings (SSSR count). The number of aliphatic carboxylic acids is 1. The number of hydrogen-bond acceptors (Lipinski definition) is 4. The van der Waals surface area contributed by atoms with Crippen molar-refractivity contribution in [1.82, 2.24) is 5.32 Å². The summed E-state index contributed by atoms with van der Waals surface area (Å²) in [4.78, 5) is 8.90. The molecule has 2 aliphatic heterocycles. The Labute approximate surface area is 189 Å². The van der Waals surface area contributed by atoms with Gasteiger partial charge >= 0.3 is 12.1 Å². The van der Waals surface area contributed by atoms with Crippen molar-refractivity contribution in [2.24, 2.45) is 0 Å². The predicted octanol–water partition coefficient (Wildman–Crippen LogP) is 5.47. The van der Waals surface area contributed by atoms with Crippen LogP contribution in [0.3, 0.4) is 0 Å². The van der Waals surface area contributed by atoms with Gasteiger partial charge in [-0.25, -0.2) is 18.0 Å². The molecule has 0 aliphatic carbocycles. The molecule has 0 spiro atoms. The summed E-state index contributed by atoms with van der Waals surface area (Å²) >= 11 is 5.81. The monoisotopic (exact) mass is 497 g/mol. The number of alkyl halides is 5. The third-order valence-electron chi connectivity index (χ3n) is 5.13. The average Bonchev–Trinajstić information content (AvgIpc) is 3.04. The number of ether oxygens (including phenoxy) is 2. The van der Waals surface area contributed by atoms with Gasteiger partial charge in [-0.15, -0.1) is 0 Å². The van der Waals surface area contributed by atoms with E-state index in [1.807, 2.05) is 0 Å². The van der Waals surface area contributed by atoms with Crippen LogP contribution >= 0.6 is 11.6 Å². The van der Waals surface area contributed by atoms with Crippen LogP contribution in [0.1, 0.15) is 30.4 Å². The summed E-state index contributed by atoms with van der Waals surface area (Å²) in [6.45, 7) is 1.67. The molecule has 0 amide bonds. The lowest BCUT2D eigenvalue weighted by atomic mass is 9.86. The average molecular weight is 498 g/mol. The first-order valence-corrected chi connectivity index (χ1v) is 9.97. The van der Waals surface area contributed by atoms with Crippen molar-refractivity contribution in [2.75, 3.05) is 13.1 Å². The van der Waals surface area contributed by atoms with E-state index in [0.29, 0.717) is 17.9 Å². The van der Waals surface area contributed by atoms with Crippen molar-refractivity contribution < 1.29 is 45.7 Å². The van der Waals surface area contributed by atoms with E-state index >= 15 is 0 Å². The molecular weight excluding hydrogens is 480 g/mol. The number of carboxylic acid groups (broad SMARTS) is 1. The fourth-order valence-electron chi connectivity index (χ4n) is 3.61. The van der Waals surface area contributed by atoms with Crippen LogP contribution < -0.4 is 14.8 Å². The number of rotatable bonds is 2. The molecule has 33 heavy (non-hydrogen) atoms. The van der Waals surface area contributed by atoms with Crippen LogP contribution in [0.15, 0.2) is 36.4 Å². The molecule has 1 saturated heterocycles. The van der Waals surface area contributed by atoms with E-state index in [2.05, 4.69) is 5.32 Å². The maximum absolute atomic E-state index is 14.4. The number of halogens is 7. The molecule has 2 aromatic carbocycles. The minimum Gasteiger partial charge on any atom is -0.475 e. The molecule has 2 unspecified atom stereocenters. The molecule has 0 saturated carbocycles. The lowest BCUT2D eigenvalue weighted by molar-refractivity contribution is -0.192. The molecule has 2 aromatic rings. The van der Waals surface area contributed by atoms with E-state index in [9.17, 15) is 26.3 Å². The Hall–Kier alpha value is -2.66. The Morgan fingerprint density at radius 3 is 2.45 bits per heavy atom. The molecule has 0 bridgehead atoms. The third-order valence-corrected chi connectivity index (χ3v) is 5.36. The molecule has 2 N–H and O–H groups in total. The highest BCUT2D eigenvalue weighted by atomic mass is 35.5. The third kappa shape index (κ3) is 5.30. The summed E-state index contributed by atoms with van der Waals surface area (Å²) in [5, 5.41) is 10.1. The highest BCUT2D eigenvalue weighted by Crippen LogP contribution is 2.51. The van der Waals surface area contributed by atoms with Crippen molar-refractivity contribution in [3.05, 3.63) is 58.4 Å². The van der Waals surface area contributed by atoms with Crippen molar-refractivity contribution in [3.63, 3.8) is 0 Å². The smallest absolute Gasteiger partial charge is 0.475 e. The lowest BCUT2D eigenvalue weighted by Gasteiger charge is -2.32. The maximum atomic E-state index is 14.4. The van der Waals surface area contributed by atoms with Gasteiger partial charge in [0.15, 0.2) is 11.5 Å². The van der Waals surface area contributed by atoms with E-state index in [0.717, 1.165) is 0 Å². The molecule has 2 aliphatic rings. The summed E-state index contributed by atoms with van der Waals surface area (Å²) in [5.41, 5.74) is 0.535. The van der Waals surface area contributed by atoms with Crippen molar-refractivity contribution >= 4 is 17.6 Å². The topological polar surface area (TPSA) is 67.8 Å². The van der Waals surface area contributed by atoms with E-state index < -0.39 is 35.6 Å². The molecule has 0 aromatic heterocycles. The van der Waals surface area contributed by atoms with Crippen LogP contribution in [0.5, 0.6) is 11.5 Å². The largest absolute Gasteiger partial charge is 0.490 e. The van der Waals surface area contributed by atoms with Crippen LogP contribution in [0.2, 0.25) is 5.02 Å². The van der Waals surface area contributed by atoms with Gasteiger partial charge in [0.1, 0.15) is 5.82 Å². The number of carboxylic acids is 1. The van der Waals surface area contributed by atoms with Gasteiger partial charge in [-0.3, -0.25) is 0 Å². The zero-order chi connectivity index (χ0) is 24.6. The molecular formula is C21H18ClF6NO4. The maximum Gasteiger partial charge on any atom is 0.490 e. The normalized spacial score (nSPS) is 23.5. The second kappa shape index (κ2) is 8.94. The lowest BCUT2D eigenvalue weighted by Crippen LogP contribution is -2.44.